The lowest BCUT2D eigenvalue weighted by molar-refractivity contribution is -0.384. The van der Waals surface area contributed by atoms with Crippen molar-refractivity contribution < 1.29 is 14.5 Å². The Balaban J connectivity index is 2.36. The minimum atomic E-state index is -0.536. The smallest absolute Gasteiger partial charge is 0.271 e. The number of nitrogens with two attached hydrogens (primary N) is 1. The summed E-state index contributed by atoms with van der Waals surface area (Å²) in [6.07, 6.45) is 0.0530. The summed E-state index contributed by atoms with van der Waals surface area (Å²) in [5.74, 6) is -1.31. The first-order valence-electron chi connectivity index (χ1n) is 5.75. The second kappa shape index (κ2) is 4.68. The molecule has 0 aromatic heterocycles. The van der Waals surface area contributed by atoms with Crippen molar-refractivity contribution in [3.63, 3.8) is 0 Å². The third-order valence-corrected chi connectivity index (χ3v) is 3.22. The summed E-state index contributed by atoms with van der Waals surface area (Å²) in [5.41, 5.74) is 6.30. The Kier molecular flexibility index (Phi) is 3.20. The highest BCUT2D eigenvalue weighted by Gasteiger charge is 2.35. The largest absolute Gasteiger partial charge is 0.369 e. The van der Waals surface area contributed by atoms with Gasteiger partial charge in [0.05, 0.1) is 16.5 Å². The molecule has 0 saturated carbocycles. The molecule has 1 aromatic carbocycles. The van der Waals surface area contributed by atoms with Gasteiger partial charge < -0.3 is 10.6 Å². The van der Waals surface area contributed by atoms with Gasteiger partial charge in [0, 0.05) is 25.1 Å². The van der Waals surface area contributed by atoms with E-state index in [1.165, 1.54) is 17.0 Å². The van der Waals surface area contributed by atoms with E-state index in [4.69, 9.17) is 5.73 Å². The Bertz CT molecular complexity index is 570. The van der Waals surface area contributed by atoms with Crippen LogP contribution in [-0.4, -0.2) is 23.3 Å². The van der Waals surface area contributed by atoms with Crippen molar-refractivity contribution in [2.24, 2.45) is 11.7 Å². The maximum atomic E-state index is 11.9. The van der Waals surface area contributed by atoms with E-state index in [9.17, 15) is 19.7 Å². The number of carbonyl (C=O) groups excluding carboxylic acids is 2. The van der Waals surface area contributed by atoms with E-state index in [0.717, 1.165) is 5.56 Å². The lowest BCUT2D eigenvalue weighted by atomic mass is 10.1. The summed E-state index contributed by atoms with van der Waals surface area (Å²) in [6.45, 7) is 1.93. The van der Waals surface area contributed by atoms with Crippen molar-refractivity contribution in [1.29, 1.82) is 0 Å². The molecule has 1 aliphatic heterocycles. The molecular formula is C12H13N3O4. The predicted octanol–water partition coefficient (Wildman–Crippen LogP) is 0.741. The van der Waals surface area contributed by atoms with Crippen molar-refractivity contribution >= 4 is 23.2 Å². The van der Waals surface area contributed by atoms with E-state index in [2.05, 4.69) is 0 Å². The third kappa shape index (κ3) is 2.40. The number of hydrogen-bond donors (Lipinski definition) is 1. The van der Waals surface area contributed by atoms with Gasteiger partial charge in [0.25, 0.3) is 5.69 Å². The number of nitro groups is 1. The van der Waals surface area contributed by atoms with Crippen LogP contribution in [0.1, 0.15) is 12.0 Å². The molecule has 0 unspecified atom stereocenters. The number of anilines is 1. The molecule has 1 saturated heterocycles. The second-order valence-electron chi connectivity index (χ2n) is 4.54. The van der Waals surface area contributed by atoms with E-state index < -0.39 is 16.7 Å². The van der Waals surface area contributed by atoms with E-state index >= 15 is 0 Å². The van der Waals surface area contributed by atoms with E-state index in [1.807, 2.05) is 0 Å². The minimum absolute atomic E-state index is 0.0530. The molecule has 1 fully saturated rings. The molecule has 100 valence electrons. The van der Waals surface area contributed by atoms with Crippen LogP contribution in [0.4, 0.5) is 11.4 Å². The number of amides is 2. The molecule has 2 amide bonds. The molecule has 0 radical (unpaired) electrons. The fourth-order valence-corrected chi connectivity index (χ4v) is 2.13. The number of aryl methyl sites for hydroxylation is 1. The van der Waals surface area contributed by atoms with Crippen molar-refractivity contribution in [2.45, 2.75) is 13.3 Å². The molecular weight excluding hydrogens is 250 g/mol. The lowest BCUT2D eigenvalue weighted by Crippen LogP contribution is -2.28. The zero-order valence-corrected chi connectivity index (χ0v) is 10.3. The highest BCUT2D eigenvalue weighted by molar-refractivity contribution is 6.00. The molecule has 19 heavy (non-hydrogen) atoms. The highest BCUT2D eigenvalue weighted by atomic mass is 16.6. The van der Waals surface area contributed by atoms with Gasteiger partial charge in [0.1, 0.15) is 0 Å². The number of nitro benzene ring substituents is 1. The Morgan fingerprint density at radius 2 is 2.21 bits per heavy atom. The van der Waals surface area contributed by atoms with Crippen LogP contribution < -0.4 is 10.6 Å². The van der Waals surface area contributed by atoms with Gasteiger partial charge in [0.2, 0.25) is 11.8 Å². The topological polar surface area (TPSA) is 107 Å². The van der Waals surface area contributed by atoms with Gasteiger partial charge in [-0.2, -0.15) is 0 Å². The maximum absolute atomic E-state index is 11.9. The van der Waals surface area contributed by atoms with Gasteiger partial charge in [-0.25, -0.2) is 0 Å². The maximum Gasteiger partial charge on any atom is 0.271 e. The monoisotopic (exact) mass is 263 g/mol. The molecule has 7 nitrogen and oxygen atoms in total. The Morgan fingerprint density at radius 3 is 2.74 bits per heavy atom. The molecule has 0 bridgehead atoms. The molecule has 0 spiro atoms. The van der Waals surface area contributed by atoms with E-state index in [0.29, 0.717) is 5.69 Å². The number of primary amides is 1. The van der Waals surface area contributed by atoms with Crippen LogP contribution in [-0.2, 0) is 9.59 Å². The number of nitrogens with zero attached hydrogens (tertiary/aromatic N) is 2. The standard InChI is InChI=1S/C12H13N3O4/c1-7-2-3-9(15(18)19)5-10(7)14-6-8(12(13)17)4-11(14)16/h2-3,5,8H,4,6H2,1H3,(H2,13,17)/t8-/m0/s1. The van der Waals surface area contributed by atoms with Crippen molar-refractivity contribution in [3.05, 3.63) is 33.9 Å². The van der Waals surface area contributed by atoms with Crippen LogP contribution in [0.25, 0.3) is 0 Å². The average Bonchev–Trinajstić information content (AvgIpc) is 2.72. The fraction of sp³-hybridized carbons (Fsp3) is 0.333. The molecule has 1 aliphatic rings. The average molecular weight is 263 g/mol. The Labute approximate surface area is 109 Å². The van der Waals surface area contributed by atoms with E-state index in [1.54, 1.807) is 13.0 Å². The van der Waals surface area contributed by atoms with Crippen LogP contribution in [0.2, 0.25) is 0 Å². The number of hydrogen-bond acceptors (Lipinski definition) is 4. The molecule has 1 atom stereocenters. The summed E-state index contributed by atoms with van der Waals surface area (Å²) < 4.78 is 0. The number of benzene rings is 1. The van der Waals surface area contributed by atoms with Crippen molar-refractivity contribution in [1.82, 2.24) is 0 Å². The van der Waals surface area contributed by atoms with Gasteiger partial charge in [-0.1, -0.05) is 6.07 Å². The number of rotatable bonds is 3. The first-order valence-corrected chi connectivity index (χ1v) is 5.75. The Morgan fingerprint density at radius 1 is 1.53 bits per heavy atom. The van der Waals surface area contributed by atoms with Crippen LogP contribution in [0.3, 0.4) is 0 Å². The van der Waals surface area contributed by atoms with Crippen molar-refractivity contribution in [3.8, 4) is 0 Å². The van der Waals surface area contributed by atoms with Gasteiger partial charge in [-0.05, 0) is 12.5 Å². The lowest BCUT2D eigenvalue weighted by Gasteiger charge is -2.18. The number of carbonyl (C=O) groups is 2. The number of non-ortho nitro benzene ring substituents is 1. The molecule has 2 rings (SSSR count). The normalized spacial score (nSPS) is 18.7. The summed E-state index contributed by atoms with van der Waals surface area (Å²) in [5, 5.41) is 10.8. The van der Waals surface area contributed by atoms with Crippen LogP contribution in [0.15, 0.2) is 18.2 Å². The fourth-order valence-electron chi connectivity index (χ4n) is 2.13. The van der Waals surface area contributed by atoms with Gasteiger partial charge in [0.15, 0.2) is 0 Å². The first kappa shape index (κ1) is 13.0. The summed E-state index contributed by atoms with van der Waals surface area (Å²) in [4.78, 5) is 34.6. The van der Waals surface area contributed by atoms with Gasteiger partial charge in [-0.3, -0.25) is 19.7 Å². The highest BCUT2D eigenvalue weighted by Crippen LogP contribution is 2.30. The summed E-state index contributed by atoms with van der Waals surface area (Å²) in [6, 6.07) is 4.31. The molecule has 7 heteroatoms. The molecule has 0 aliphatic carbocycles. The van der Waals surface area contributed by atoms with Crippen LogP contribution >= 0.6 is 0 Å². The predicted molar refractivity (Wildman–Crippen MR) is 67.5 cm³/mol. The SMILES string of the molecule is Cc1ccc([N+](=O)[O-])cc1N1C[C@@H](C(N)=O)CC1=O. The molecule has 1 heterocycles. The zero-order chi connectivity index (χ0) is 14.2. The van der Waals surface area contributed by atoms with E-state index in [-0.39, 0.29) is 24.6 Å². The first-order chi connectivity index (χ1) is 8.90. The molecule has 1 aromatic rings. The van der Waals surface area contributed by atoms with Gasteiger partial charge in [-0.15, -0.1) is 0 Å². The van der Waals surface area contributed by atoms with Crippen LogP contribution in [0, 0.1) is 23.0 Å². The summed E-state index contributed by atoms with van der Waals surface area (Å²) >= 11 is 0. The van der Waals surface area contributed by atoms with Gasteiger partial charge >= 0.3 is 0 Å². The molecule has 2 N–H and O–H groups in total. The quantitative estimate of drug-likeness (QED) is 0.641. The third-order valence-electron chi connectivity index (χ3n) is 3.22. The van der Waals surface area contributed by atoms with Crippen molar-refractivity contribution in [2.75, 3.05) is 11.4 Å². The Hall–Kier alpha value is -2.44. The minimum Gasteiger partial charge on any atom is -0.369 e. The summed E-state index contributed by atoms with van der Waals surface area (Å²) in [7, 11) is 0. The van der Waals surface area contributed by atoms with Crippen LogP contribution in [0.5, 0.6) is 0 Å². The zero-order valence-electron chi connectivity index (χ0n) is 10.3. The second-order valence-corrected chi connectivity index (χ2v) is 4.54.